The minimum Gasteiger partial charge on any atom is -0.375 e. The SMILES string of the molecule is Cc1ccc(NC(=O)CNc2cccc(C)c2C(=O)N2CCCC2)cc1. The Morgan fingerprint density at radius 2 is 1.69 bits per heavy atom. The van der Waals surface area contributed by atoms with Gasteiger partial charge in [0.2, 0.25) is 5.91 Å². The van der Waals surface area contributed by atoms with Gasteiger partial charge in [0, 0.05) is 24.5 Å². The minimum atomic E-state index is -0.144. The lowest BCUT2D eigenvalue weighted by Crippen LogP contribution is -2.30. The zero-order valence-corrected chi connectivity index (χ0v) is 15.3. The summed E-state index contributed by atoms with van der Waals surface area (Å²) in [5, 5.41) is 5.99. The molecule has 3 rings (SSSR count). The number of carbonyl (C=O) groups is 2. The molecular weight excluding hydrogens is 326 g/mol. The minimum absolute atomic E-state index is 0.0436. The molecule has 1 fully saturated rings. The first kappa shape index (κ1) is 18.0. The lowest BCUT2D eigenvalue weighted by molar-refractivity contribution is -0.114. The van der Waals surface area contributed by atoms with E-state index >= 15 is 0 Å². The molecule has 0 radical (unpaired) electrons. The van der Waals surface area contributed by atoms with E-state index in [9.17, 15) is 9.59 Å². The number of likely N-dealkylation sites (tertiary alicyclic amines) is 1. The summed E-state index contributed by atoms with van der Waals surface area (Å²) in [5.74, 6) is -0.100. The van der Waals surface area contributed by atoms with Crippen LogP contribution in [-0.4, -0.2) is 36.3 Å². The highest BCUT2D eigenvalue weighted by Gasteiger charge is 2.23. The Hall–Kier alpha value is -2.82. The van der Waals surface area contributed by atoms with Crippen LogP contribution in [0.5, 0.6) is 0 Å². The summed E-state index contributed by atoms with van der Waals surface area (Å²) in [4.78, 5) is 27.0. The van der Waals surface area contributed by atoms with Gasteiger partial charge in [-0.2, -0.15) is 0 Å². The van der Waals surface area contributed by atoms with Crippen LogP contribution in [0.1, 0.15) is 34.3 Å². The predicted octanol–water partition coefficient (Wildman–Crippen LogP) is 3.59. The van der Waals surface area contributed by atoms with Crippen LogP contribution < -0.4 is 10.6 Å². The molecule has 0 saturated carbocycles. The summed E-state index contributed by atoms with van der Waals surface area (Å²) in [6.07, 6.45) is 2.11. The molecule has 1 heterocycles. The zero-order valence-electron chi connectivity index (χ0n) is 15.3. The third kappa shape index (κ3) is 4.23. The van der Waals surface area contributed by atoms with Gasteiger partial charge in [0.15, 0.2) is 0 Å². The van der Waals surface area contributed by atoms with Gasteiger partial charge in [0.05, 0.1) is 12.1 Å². The maximum Gasteiger partial charge on any atom is 0.256 e. The summed E-state index contributed by atoms with van der Waals surface area (Å²) in [6, 6.07) is 13.4. The average Bonchev–Trinajstić information content (AvgIpc) is 3.16. The second-order valence-corrected chi connectivity index (χ2v) is 6.76. The van der Waals surface area contributed by atoms with E-state index in [1.165, 1.54) is 0 Å². The molecule has 0 bridgehead atoms. The molecule has 2 amide bonds. The molecule has 26 heavy (non-hydrogen) atoms. The fourth-order valence-corrected chi connectivity index (χ4v) is 3.19. The van der Waals surface area contributed by atoms with Crippen LogP contribution in [0, 0.1) is 13.8 Å². The van der Waals surface area contributed by atoms with Crippen molar-refractivity contribution < 1.29 is 9.59 Å². The Labute approximate surface area is 154 Å². The number of hydrogen-bond donors (Lipinski definition) is 2. The van der Waals surface area contributed by atoms with E-state index in [2.05, 4.69) is 10.6 Å². The van der Waals surface area contributed by atoms with Gasteiger partial charge in [0.25, 0.3) is 5.91 Å². The summed E-state index contributed by atoms with van der Waals surface area (Å²) in [6.45, 7) is 5.66. The van der Waals surface area contributed by atoms with Gasteiger partial charge in [-0.05, 0) is 50.5 Å². The highest BCUT2D eigenvalue weighted by Crippen LogP contribution is 2.23. The molecule has 0 aromatic heterocycles. The monoisotopic (exact) mass is 351 g/mol. The zero-order chi connectivity index (χ0) is 18.5. The lowest BCUT2D eigenvalue weighted by atomic mass is 10.0. The molecule has 0 aliphatic carbocycles. The molecule has 136 valence electrons. The number of hydrogen-bond acceptors (Lipinski definition) is 3. The van der Waals surface area contributed by atoms with Crippen molar-refractivity contribution in [2.24, 2.45) is 0 Å². The van der Waals surface area contributed by atoms with Gasteiger partial charge >= 0.3 is 0 Å². The van der Waals surface area contributed by atoms with E-state index in [0.717, 1.165) is 42.7 Å². The Bertz CT molecular complexity index is 793. The highest BCUT2D eigenvalue weighted by atomic mass is 16.2. The molecule has 1 saturated heterocycles. The first-order valence-electron chi connectivity index (χ1n) is 9.04. The molecule has 2 aromatic rings. The van der Waals surface area contributed by atoms with Crippen molar-refractivity contribution in [1.29, 1.82) is 0 Å². The number of carbonyl (C=O) groups excluding carboxylic acids is 2. The van der Waals surface area contributed by atoms with E-state index in [-0.39, 0.29) is 18.4 Å². The third-order valence-corrected chi connectivity index (χ3v) is 4.65. The van der Waals surface area contributed by atoms with Crippen molar-refractivity contribution in [3.05, 3.63) is 59.2 Å². The molecule has 0 unspecified atom stereocenters. The van der Waals surface area contributed by atoms with E-state index in [4.69, 9.17) is 0 Å². The Morgan fingerprint density at radius 3 is 2.38 bits per heavy atom. The van der Waals surface area contributed by atoms with Crippen LogP contribution in [0.15, 0.2) is 42.5 Å². The Morgan fingerprint density at radius 1 is 1.00 bits per heavy atom. The maximum atomic E-state index is 12.8. The van der Waals surface area contributed by atoms with Crippen molar-refractivity contribution in [2.45, 2.75) is 26.7 Å². The molecule has 5 heteroatoms. The van der Waals surface area contributed by atoms with Gasteiger partial charge in [0.1, 0.15) is 0 Å². The number of aryl methyl sites for hydroxylation is 2. The number of nitrogens with zero attached hydrogens (tertiary/aromatic N) is 1. The first-order valence-corrected chi connectivity index (χ1v) is 9.04. The summed E-state index contributed by atoms with van der Waals surface area (Å²) in [7, 11) is 0. The maximum absolute atomic E-state index is 12.8. The second kappa shape index (κ2) is 8.04. The van der Waals surface area contributed by atoms with Crippen LogP contribution >= 0.6 is 0 Å². The van der Waals surface area contributed by atoms with E-state index in [0.29, 0.717) is 11.3 Å². The standard InChI is InChI=1S/C21H25N3O2/c1-15-8-10-17(11-9-15)23-19(25)14-22-18-7-5-6-16(2)20(18)21(26)24-12-3-4-13-24/h5-11,22H,3-4,12-14H2,1-2H3,(H,23,25). The molecule has 1 aliphatic heterocycles. The number of amides is 2. The fraction of sp³-hybridized carbons (Fsp3) is 0.333. The molecular formula is C21H25N3O2. The van der Waals surface area contributed by atoms with Crippen molar-refractivity contribution in [2.75, 3.05) is 30.3 Å². The molecule has 5 nitrogen and oxygen atoms in total. The summed E-state index contributed by atoms with van der Waals surface area (Å²) in [5.41, 5.74) is 4.20. The number of anilines is 2. The van der Waals surface area contributed by atoms with Crippen molar-refractivity contribution in [1.82, 2.24) is 4.90 Å². The average molecular weight is 351 g/mol. The van der Waals surface area contributed by atoms with Gasteiger partial charge in [-0.25, -0.2) is 0 Å². The highest BCUT2D eigenvalue weighted by molar-refractivity contribution is 6.02. The van der Waals surface area contributed by atoms with Crippen LogP contribution in [0.4, 0.5) is 11.4 Å². The predicted molar refractivity (Wildman–Crippen MR) is 105 cm³/mol. The molecule has 2 aromatic carbocycles. The van der Waals surface area contributed by atoms with Crippen LogP contribution in [-0.2, 0) is 4.79 Å². The summed E-state index contributed by atoms with van der Waals surface area (Å²) < 4.78 is 0. The second-order valence-electron chi connectivity index (χ2n) is 6.76. The van der Waals surface area contributed by atoms with Gasteiger partial charge in [-0.3, -0.25) is 9.59 Å². The smallest absolute Gasteiger partial charge is 0.256 e. The fourth-order valence-electron chi connectivity index (χ4n) is 3.19. The normalized spacial score (nSPS) is 13.5. The van der Waals surface area contributed by atoms with Crippen molar-refractivity contribution in [3.8, 4) is 0 Å². The van der Waals surface area contributed by atoms with E-state index in [1.807, 2.05) is 61.2 Å². The first-order chi connectivity index (χ1) is 12.5. The quantitative estimate of drug-likeness (QED) is 0.865. The van der Waals surface area contributed by atoms with Gasteiger partial charge in [-0.15, -0.1) is 0 Å². The van der Waals surface area contributed by atoms with Crippen molar-refractivity contribution in [3.63, 3.8) is 0 Å². The van der Waals surface area contributed by atoms with Crippen LogP contribution in [0.2, 0.25) is 0 Å². The van der Waals surface area contributed by atoms with Gasteiger partial charge in [-0.1, -0.05) is 29.8 Å². The number of benzene rings is 2. The van der Waals surface area contributed by atoms with Crippen LogP contribution in [0.25, 0.3) is 0 Å². The third-order valence-electron chi connectivity index (χ3n) is 4.65. The molecule has 0 atom stereocenters. The largest absolute Gasteiger partial charge is 0.375 e. The van der Waals surface area contributed by atoms with E-state index in [1.54, 1.807) is 0 Å². The van der Waals surface area contributed by atoms with E-state index < -0.39 is 0 Å². The van der Waals surface area contributed by atoms with Crippen LogP contribution in [0.3, 0.4) is 0 Å². The van der Waals surface area contributed by atoms with Gasteiger partial charge < -0.3 is 15.5 Å². The number of rotatable bonds is 5. The lowest BCUT2D eigenvalue weighted by Gasteiger charge is -2.20. The molecule has 2 N–H and O–H groups in total. The topological polar surface area (TPSA) is 61.4 Å². The van der Waals surface area contributed by atoms with Crippen molar-refractivity contribution >= 4 is 23.2 Å². The number of nitrogens with one attached hydrogen (secondary N) is 2. The molecule has 0 spiro atoms. The summed E-state index contributed by atoms with van der Waals surface area (Å²) >= 11 is 0. The Kier molecular flexibility index (Phi) is 5.56. The Balaban J connectivity index is 1.67. The molecule has 1 aliphatic rings.